The fourth-order valence-electron chi connectivity index (χ4n) is 2.94. The van der Waals surface area contributed by atoms with Gasteiger partial charge in [-0.05, 0) is 73.1 Å². The predicted octanol–water partition coefficient (Wildman–Crippen LogP) is 7.35. The smallest absolute Gasteiger partial charge is 0.0401 e. The van der Waals surface area contributed by atoms with Crippen LogP contribution in [0.2, 0.25) is 0 Å². The number of hydrogen-bond acceptors (Lipinski definition) is 1. The van der Waals surface area contributed by atoms with Crippen LogP contribution in [0.1, 0.15) is 74.1 Å². The normalized spacial score (nSPS) is 20.7. The van der Waals surface area contributed by atoms with Gasteiger partial charge in [0.15, 0.2) is 0 Å². The van der Waals surface area contributed by atoms with E-state index in [1.54, 1.807) is 11.1 Å². The molecule has 0 nitrogen and oxygen atoms in total. The van der Waals surface area contributed by atoms with E-state index in [4.69, 9.17) is 0 Å². The van der Waals surface area contributed by atoms with Crippen molar-refractivity contribution in [2.75, 3.05) is 0 Å². The first-order chi connectivity index (χ1) is 8.92. The fraction of sp³-hybridized carbons (Fsp3) is 0.765. The molecular weight excluding hydrogens is 363 g/mol. The summed E-state index contributed by atoms with van der Waals surface area (Å²) in [6, 6.07) is 0. The second kappa shape index (κ2) is 9.49. The average Bonchev–Trinajstić information content (AvgIpc) is 2.38. The molecule has 1 atom stereocenters. The van der Waals surface area contributed by atoms with Gasteiger partial charge in [0.2, 0.25) is 0 Å². The quantitative estimate of drug-likeness (QED) is 0.355. The van der Waals surface area contributed by atoms with Crippen LogP contribution in [0.3, 0.4) is 0 Å². The van der Waals surface area contributed by atoms with Crippen molar-refractivity contribution in [2.45, 2.75) is 79.4 Å². The van der Waals surface area contributed by atoms with Gasteiger partial charge in [-0.15, -0.1) is 0 Å². The van der Waals surface area contributed by atoms with Crippen molar-refractivity contribution in [2.24, 2.45) is 5.41 Å². The third-order valence-corrected chi connectivity index (χ3v) is 6.43. The predicted molar refractivity (Wildman–Crippen MR) is 101 cm³/mol. The number of rotatable bonds is 4. The molecule has 0 N–H and O–H groups in total. The minimum Gasteiger partial charge on any atom is -0.0887 e. The summed E-state index contributed by atoms with van der Waals surface area (Å²) in [6.07, 6.45) is 7.49. The summed E-state index contributed by atoms with van der Waals surface area (Å²) in [7, 11) is 2.00. The first-order valence-corrected chi connectivity index (χ1v) is 10.9. The summed E-state index contributed by atoms with van der Waals surface area (Å²) < 4.78 is 0. The maximum atomic E-state index is 2.48. The van der Waals surface area contributed by atoms with Crippen molar-refractivity contribution >= 4 is 30.1 Å². The van der Waals surface area contributed by atoms with Crippen molar-refractivity contribution in [1.82, 2.24) is 0 Å². The Morgan fingerprint density at radius 3 is 2.42 bits per heavy atom. The molecule has 0 amide bonds. The summed E-state index contributed by atoms with van der Waals surface area (Å²) in [5.41, 5.74) is 5.30. The molecule has 0 aromatic heterocycles. The van der Waals surface area contributed by atoms with Gasteiger partial charge in [0.25, 0.3) is 0 Å². The topological polar surface area (TPSA) is 0 Å². The van der Waals surface area contributed by atoms with Crippen LogP contribution in [0.15, 0.2) is 22.8 Å². The van der Waals surface area contributed by atoms with Gasteiger partial charge >= 0.3 is 0 Å². The lowest BCUT2D eigenvalue weighted by Crippen LogP contribution is -2.27. The molecule has 0 aromatic rings. The molecule has 1 aliphatic rings. The van der Waals surface area contributed by atoms with Gasteiger partial charge in [-0.3, -0.25) is 0 Å². The molecule has 1 unspecified atom stereocenters. The maximum absolute atomic E-state index is 2.48. The zero-order valence-electron chi connectivity index (χ0n) is 13.8. The Morgan fingerprint density at radius 1 is 1.42 bits per heavy atom. The molecule has 19 heavy (non-hydrogen) atoms. The standard InChI is InChI=1S/C15H25IS.C2H6/c1-6-11(2)10-13(17-16)14-12(3)8-7-9-15(14,4)5;1-2/h6,13H,7-10H2,1-5H3;1-2H3/b11-6+;. The van der Waals surface area contributed by atoms with Gasteiger partial charge in [0, 0.05) is 5.25 Å². The van der Waals surface area contributed by atoms with Gasteiger partial charge in [0.05, 0.1) is 0 Å². The lowest BCUT2D eigenvalue weighted by molar-refractivity contribution is 0.357. The second-order valence-corrected chi connectivity index (χ2v) is 8.12. The zero-order chi connectivity index (χ0) is 15.1. The van der Waals surface area contributed by atoms with Crippen molar-refractivity contribution in [3.8, 4) is 0 Å². The zero-order valence-corrected chi connectivity index (χ0v) is 16.7. The highest BCUT2D eigenvalue weighted by Crippen LogP contribution is 2.47. The van der Waals surface area contributed by atoms with Crippen LogP contribution in [-0.4, -0.2) is 5.25 Å². The van der Waals surface area contributed by atoms with E-state index in [0.717, 1.165) is 0 Å². The van der Waals surface area contributed by atoms with E-state index in [0.29, 0.717) is 10.7 Å². The molecule has 0 radical (unpaired) electrons. The summed E-state index contributed by atoms with van der Waals surface area (Å²) in [5, 5.41) is 0.669. The van der Waals surface area contributed by atoms with E-state index < -0.39 is 0 Å². The SMILES string of the molecule is C/C=C(\C)CC(SI)C1=C(C)CCCC1(C)C.CC. The van der Waals surface area contributed by atoms with Crippen LogP contribution in [0.25, 0.3) is 0 Å². The summed E-state index contributed by atoms with van der Waals surface area (Å²) >= 11 is 2.48. The lowest BCUT2D eigenvalue weighted by Gasteiger charge is -2.38. The van der Waals surface area contributed by atoms with E-state index >= 15 is 0 Å². The molecule has 0 aromatic carbocycles. The molecular formula is C17H31IS. The van der Waals surface area contributed by atoms with Crippen molar-refractivity contribution in [1.29, 1.82) is 0 Å². The van der Waals surface area contributed by atoms with Crippen molar-refractivity contribution < 1.29 is 0 Å². The van der Waals surface area contributed by atoms with E-state index in [-0.39, 0.29) is 0 Å². The molecule has 0 aliphatic heterocycles. The van der Waals surface area contributed by atoms with Gasteiger partial charge in [-0.2, -0.15) is 0 Å². The highest BCUT2D eigenvalue weighted by atomic mass is 127. The summed E-state index contributed by atoms with van der Waals surface area (Å²) in [6.45, 7) is 15.6. The first-order valence-electron chi connectivity index (χ1n) is 7.51. The molecule has 0 fully saturated rings. The lowest BCUT2D eigenvalue weighted by atomic mass is 9.71. The first kappa shape index (κ1) is 19.6. The van der Waals surface area contributed by atoms with Crippen molar-refractivity contribution in [3.63, 3.8) is 0 Å². The van der Waals surface area contributed by atoms with Crippen LogP contribution in [-0.2, 0) is 0 Å². The highest BCUT2D eigenvalue weighted by molar-refractivity contribution is 14.2. The largest absolute Gasteiger partial charge is 0.0887 e. The molecule has 112 valence electrons. The average molecular weight is 394 g/mol. The number of hydrogen-bond donors (Lipinski definition) is 0. The Morgan fingerprint density at radius 2 is 2.00 bits per heavy atom. The highest BCUT2D eigenvalue weighted by Gasteiger charge is 2.33. The Kier molecular flexibility index (Phi) is 9.77. The van der Waals surface area contributed by atoms with E-state index in [1.807, 2.05) is 22.8 Å². The molecule has 0 bridgehead atoms. The van der Waals surface area contributed by atoms with Gasteiger partial charge in [-0.1, -0.05) is 59.4 Å². The van der Waals surface area contributed by atoms with Gasteiger partial charge in [-0.25, -0.2) is 0 Å². The van der Waals surface area contributed by atoms with Crippen LogP contribution in [0.5, 0.6) is 0 Å². The number of allylic oxidation sites excluding steroid dienone is 3. The Hall–Kier alpha value is 0.560. The Labute approximate surface area is 137 Å². The minimum absolute atomic E-state index is 0.402. The second-order valence-electron chi connectivity index (χ2n) is 5.85. The summed E-state index contributed by atoms with van der Waals surface area (Å²) in [4.78, 5) is 0. The molecule has 0 saturated heterocycles. The van der Waals surface area contributed by atoms with Gasteiger partial charge in [0.1, 0.15) is 0 Å². The van der Waals surface area contributed by atoms with Crippen LogP contribution in [0.4, 0.5) is 0 Å². The minimum atomic E-state index is 0.402. The molecule has 1 aliphatic carbocycles. The van der Waals surface area contributed by atoms with Crippen molar-refractivity contribution in [3.05, 3.63) is 22.8 Å². The molecule has 1 rings (SSSR count). The van der Waals surface area contributed by atoms with Crippen LogP contribution >= 0.6 is 30.1 Å². The molecule has 0 saturated carbocycles. The molecule has 0 heterocycles. The molecule has 2 heteroatoms. The monoisotopic (exact) mass is 394 g/mol. The molecule has 0 spiro atoms. The van der Waals surface area contributed by atoms with Crippen LogP contribution < -0.4 is 0 Å². The third kappa shape index (κ3) is 5.82. The third-order valence-electron chi connectivity index (χ3n) is 3.97. The fourth-order valence-corrected chi connectivity index (χ4v) is 5.18. The Bertz CT molecular complexity index is 326. The maximum Gasteiger partial charge on any atom is 0.0401 e. The van der Waals surface area contributed by atoms with E-state index in [2.05, 4.69) is 61.9 Å². The Balaban J connectivity index is 0.00000154. The number of halogens is 1. The van der Waals surface area contributed by atoms with E-state index in [9.17, 15) is 0 Å². The van der Waals surface area contributed by atoms with Crippen LogP contribution in [0, 0.1) is 5.41 Å². The summed E-state index contributed by atoms with van der Waals surface area (Å²) in [5.74, 6) is 0. The van der Waals surface area contributed by atoms with Gasteiger partial charge < -0.3 is 0 Å². The van der Waals surface area contributed by atoms with E-state index in [1.165, 1.54) is 31.3 Å².